The summed E-state index contributed by atoms with van der Waals surface area (Å²) in [5.41, 5.74) is 0. The van der Waals surface area contributed by atoms with E-state index in [0.717, 1.165) is 32.1 Å². The highest BCUT2D eigenvalue weighted by Crippen LogP contribution is 2.10. The standard InChI is InChI=1S/C13H22N4.ClH/c1-2-3-4-8-16-9-11-17(12-10-16)13-14-6-5-7-15-13;/h5-7H,2-4,8-12H2,1H3;1H. The number of aromatic nitrogens is 2. The molecule has 1 fully saturated rings. The normalized spacial score (nSPS) is 16.4. The van der Waals surface area contributed by atoms with Crippen LogP contribution in [0.3, 0.4) is 0 Å². The van der Waals surface area contributed by atoms with Crippen molar-refractivity contribution in [2.75, 3.05) is 37.6 Å². The van der Waals surface area contributed by atoms with Crippen molar-refractivity contribution in [3.8, 4) is 0 Å². The Hall–Kier alpha value is -0.870. The summed E-state index contributed by atoms with van der Waals surface area (Å²) in [5, 5.41) is 0. The number of nitrogens with zero attached hydrogens (tertiary/aromatic N) is 4. The van der Waals surface area contributed by atoms with Crippen molar-refractivity contribution >= 4 is 18.4 Å². The van der Waals surface area contributed by atoms with E-state index >= 15 is 0 Å². The van der Waals surface area contributed by atoms with Crippen molar-refractivity contribution in [3.05, 3.63) is 18.5 Å². The number of anilines is 1. The fourth-order valence-corrected chi connectivity index (χ4v) is 2.21. The molecule has 1 saturated heterocycles. The van der Waals surface area contributed by atoms with Crippen molar-refractivity contribution in [1.82, 2.24) is 14.9 Å². The number of hydrogen-bond acceptors (Lipinski definition) is 4. The third-order valence-corrected chi connectivity index (χ3v) is 3.29. The van der Waals surface area contributed by atoms with Gasteiger partial charge in [0.2, 0.25) is 5.95 Å². The third kappa shape index (κ3) is 4.42. The molecule has 0 aliphatic carbocycles. The van der Waals surface area contributed by atoms with E-state index in [1.807, 2.05) is 18.5 Å². The summed E-state index contributed by atoms with van der Waals surface area (Å²) in [6, 6.07) is 1.87. The Morgan fingerprint density at radius 3 is 2.33 bits per heavy atom. The van der Waals surface area contributed by atoms with Gasteiger partial charge in [0.1, 0.15) is 0 Å². The van der Waals surface area contributed by atoms with E-state index in [1.54, 1.807) is 0 Å². The first kappa shape index (κ1) is 15.2. The molecule has 0 bridgehead atoms. The molecule has 0 aromatic carbocycles. The first-order valence-electron chi connectivity index (χ1n) is 6.64. The molecule has 0 atom stereocenters. The van der Waals surface area contributed by atoms with Gasteiger partial charge in [0, 0.05) is 38.6 Å². The lowest BCUT2D eigenvalue weighted by molar-refractivity contribution is 0.251. The summed E-state index contributed by atoms with van der Waals surface area (Å²) >= 11 is 0. The average molecular weight is 271 g/mol. The highest BCUT2D eigenvalue weighted by molar-refractivity contribution is 5.85. The second kappa shape index (κ2) is 8.27. The Bertz CT molecular complexity index is 312. The Morgan fingerprint density at radius 1 is 1.06 bits per heavy atom. The molecule has 4 nitrogen and oxygen atoms in total. The third-order valence-electron chi connectivity index (χ3n) is 3.29. The largest absolute Gasteiger partial charge is 0.338 e. The van der Waals surface area contributed by atoms with Crippen molar-refractivity contribution in [2.45, 2.75) is 26.2 Å². The van der Waals surface area contributed by atoms with Crippen LogP contribution >= 0.6 is 12.4 Å². The molecule has 1 aliphatic heterocycles. The van der Waals surface area contributed by atoms with Gasteiger partial charge in [-0.2, -0.15) is 0 Å². The second-order valence-corrected chi connectivity index (χ2v) is 4.58. The van der Waals surface area contributed by atoms with Crippen LogP contribution in [0.5, 0.6) is 0 Å². The van der Waals surface area contributed by atoms with E-state index in [4.69, 9.17) is 0 Å². The molecule has 18 heavy (non-hydrogen) atoms. The van der Waals surface area contributed by atoms with E-state index in [0.29, 0.717) is 0 Å². The number of unbranched alkanes of at least 4 members (excludes halogenated alkanes) is 2. The number of halogens is 1. The Morgan fingerprint density at radius 2 is 1.72 bits per heavy atom. The highest BCUT2D eigenvalue weighted by atomic mass is 35.5. The van der Waals surface area contributed by atoms with Gasteiger partial charge < -0.3 is 4.90 Å². The minimum atomic E-state index is 0. The maximum absolute atomic E-state index is 4.30. The molecular formula is C13H23ClN4. The summed E-state index contributed by atoms with van der Waals surface area (Å²) in [4.78, 5) is 13.4. The molecule has 0 radical (unpaired) electrons. The fraction of sp³-hybridized carbons (Fsp3) is 0.692. The van der Waals surface area contributed by atoms with E-state index in [2.05, 4.69) is 26.7 Å². The predicted octanol–water partition coefficient (Wildman–Crippen LogP) is 2.21. The zero-order chi connectivity index (χ0) is 11.9. The minimum absolute atomic E-state index is 0. The quantitative estimate of drug-likeness (QED) is 0.768. The van der Waals surface area contributed by atoms with Gasteiger partial charge in [-0.05, 0) is 19.0 Å². The zero-order valence-electron chi connectivity index (χ0n) is 11.1. The number of rotatable bonds is 5. The number of hydrogen-bond donors (Lipinski definition) is 0. The Kier molecular flexibility index (Phi) is 6.98. The van der Waals surface area contributed by atoms with Crippen LogP contribution in [-0.2, 0) is 0 Å². The first-order chi connectivity index (χ1) is 8.40. The van der Waals surface area contributed by atoms with Crippen LogP contribution in [-0.4, -0.2) is 47.6 Å². The van der Waals surface area contributed by atoms with Crippen LogP contribution in [0.25, 0.3) is 0 Å². The monoisotopic (exact) mass is 270 g/mol. The molecule has 0 N–H and O–H groups in total. The molecule has 1 aliphatic rings. The average Bonchev–Trinajstić information content (AvgIpc) is 2.41. The summed E-state index contributed by atoms with van der Waals surface area (Å²) in [7, 11) is 0. The smallest absolute Gasteiger partial charge is 0.225 e. The molecule has 5 heteroatoms. The number of piperazine rings is 1. The Labute approximate surface area is 116 Å². The molecule has 2 rings (SSSR count). The van der Waals surface area contributed by atoms with E-state index in [1.165, 1.54) is 25.8 Å². The van der Waals surface area contributed by atoms with E-state index in [9.17, 15) is 0 Å². The topological polar surface area (TPSA) is 32.3 Å². The second-order valence-electron chi connectivity index (χ2n) is 4.58. The lowest BCUT2D eigenvalue weighted by Crippen LogP contribution is -2.47. The lowest BCUT2D eigenvalue weighted by Gasteiger charge is -2.34. The van der Waals surface area contributed by atoms with Gasteiger partial charge in [-0.15, -0.1) is 12.4 Å². The Balaban J connectivity index is 0.00000162. The van der Waals surface area contributed by atoms with Crippen LogP contribution < -0.4 is 4.90 Å². The molecule has 0 amide bonds. The van der Waals surface area contributed by atoms with Gasteiger partial charge in [-0.1, -0.05) is 19.8 Å². The summed E-state index contributed by atoms with van der Waals surface area (Å²) in [6.45, 7) is 7.89. The van der Waals surface area contributed by atoms with Crippen molar-refractivity contribution in [2.24, 2.45) is 0 Å². The molecule has 2 heterocycles. The van der Waals surface area contributed by atoms with Crippen LogP contribution in [0.15, 0.2) is 18.5 Å². The van der Waals surface area contributed by atoms with Gasteiger partial charge in [0.15, 0.2) is 0 Å². The molecule has 1 aromatic rings. The lowest BCUT2D eigenvalue weighted by atomic mass is 10.2. The molecule has 0 saturated carbocycles. The van der Waals surface area contributed by atoms with Crippen molar-refractivity contribution in [1.29, 1.82) is 0 Å². The maximum atomic E-state index is 4.30. The summed E-state index contributed by atoms with van der Waals surface area (Å²) in [5.74, 6) is 0.876. The van der Waals surface area contributed by atoms with Crippen LogP contribution in [0.1, 0.15) is 26.2 Å². The predicted molar refractivity (Wildman–Crippen MR) is 77.5 cm³/mol. The molecule has 1 aromatic heterocycles. The highest BCUT2D eigenvalue weighted by Gasteiger charge is 2.17. The van der Waals surface area contributed by atoms with Gasteiger partial charge in [-0.25, -0.2) is 9.97 Å². The van der Waals surface area contributed by atoms with Crippen molar-refractivity contribution in [3.63, 3.8) is 0 Å². The van der Waals surface area contributed by atoms with E-state index in [-0.39, 0.29) is 12.4 Å². The van der Waals surface area contributed by atoms with Crippen LogP contribution in [0.4, 0.5) is 5.95 Å². The van der Waals surface area contributed by atoms with Crippen LogP contribution in [0, 0.1) is 0 Å². The van der Waals surface area contributed by atoms with Crippen LogP contribution in [0.2, 0.25) is 0 Å². The van der Waals surface area contributed by atoms with Gasteiger partial charge in [-0.3, -0.25) is 4.90 Å². The summed E-state index contributed by atoms with van der Waals surface area (Å²) < 4.78 is 0. The minimum Gasteiger partial charge on any atom is -0.338 e. The molecule has 102 valence electrons. The van der Waals surface area contributed by atoms with Gasteiger partial charge in [0.05, 0.1) is 0 Å². The summed E-state index contributed by atoms with van der Waals surface area (Å²) in [6.07, 6.45) is 7.62. The molecular weight excluding hydrogens is 248 g/mol. The van der Waals surface area contributed by atoms with E-state index < -0.39 is 0 Å². The van der Waals surface area contributed by atoms with Gasteiger partial charge in [0.25, 0.3) is 0 Å². The zero-order valence-corrected chi connectivity index (χ0v) is 11.9. The SMILES string of the molecule is CCCCCN1CCN(c2ncccn2)CC1.Cl. The fourth-order valence-electron chi connectivity index (χ4n) is 2.21. The van der Waals surface area contributed by atoms with Gasteiger partial charge >= 0.3 is 0 Å². The van der Waals surface area contributed by atoms with Crippen molar-refractivity contribution < 1.29 is 0 Å². The molecule has 0 spiro atoms. The maximum Gasteiger partial charge on any atom is 0.225 e. The first-order valence-corrected chi connectivity index (χ1v) is 6.64. The molecule has 0 unspecified atom stereocenters.